The predicted molar refractivity (Wildman–Crippen MR) is 68.3 cm³/mol. The molecule has 1 atom stereocenters. The Morgan fingerprint density at radius 3 is 3.28 bits per heavy atom. The second kappa shape index (κ2) is 5.04. The smallest absolute Gasteiger partial charge is 0.123 e. The van der Waals surface area contributed by atoms with Crippen LogP contribution in [0.2, 0.25) is 0 Å². The number of nitrogens with one attached hydrogen (secondary N) is 1. The van der Waals surface area contributed by atoms with Crippen molar-refractivity contribution in [1.29, 1.82) is 0 Å². The summed E-state index contributed by atoms with van der Waals surface area (Å²) >= 11 is 1.63. The second-order valence-electron chi connectivity index (χ2n) is 4.29. The summed E-state index contributed by atoms with van der Waals surface area (Å²) in [7, 11) is 0. The van der Waals surface area contributed by atoms with Crippen molar-refractivity contribution in [3.63, 3.8) is 0 Å². The maximum absolute atomic E-state index is 13.1. The van der Waals surface area contributed by atoms with Crippen LogP contribution in [0.25, 0.3) is 0 Å². The number of hydrogen-bond acceptors (Lipinski definition) is 4. The van der Waals surface area contributed by atoms with Crippen molar-refractivity contribution >= 4 is 11.3 Å². The van der Waals surface area contributed by atoms with Crippen molar-refractivity contribution in [1.82, 2.24) is 10.3 Å². The quantitative estimate of drug-likeness (QED) is 0.920. The van der Waals surface area contributed by atoms with Crippen LogP contribution >= 0.6 is 11.3 Å². The summed E-state index contributed by atoms with van der Waals surface area (Å²) in [6.45, 7) is 1.56. The van der Waals surface area contributed by atoms with Gasteiger partial charge in [0.15, 0.2) is 0 Å². The SMILES string of the molecule is Fc1ccc2c(c1)CC(CNCc1cncs1)O2. The third-order valence-electron chi connectivity index (χ3n) is 2.92. The standard InChI is InChI=1S/C13H13FN2OS/c14-10-1-2-13-9(3-10)4-11(17-13)5-15-6-12-7-16-8-18-12/h1-3,7-8,11,15H,4-6H2. The van der Waals surface area contributed by atoms with E-state index in [0.29, 0.717) is 0 Å². The minimum Gasteiger partial charge on any atom is -0.488 e. The van der Waals surface area contributed by atoms with Crippen LogP contribution in [0, 0.1) is 5.82 Å². The van der Waals surface area contributed by atoms with Crippen LogP contribution in [-0.4, -0.2) is 17.6 Å². The zero-order valence-corrected chi connectivity index (χ0v) is 10.5. The molecule has 1 unspecified atom stereocenters. The lowest BCUT2D eigenvalue weighted by molar-refractivity contribution is 0.227. The van der Waals surface area contributed by atoms with E-state index < -0.39 is 0 Å². The van der Waals surface area contributed by atoms with Gasteiger partial charge in [0.05, 0.1) is 5.51 Å². The Kier molecular flexibility index (Phi) is 3.25. The number of rotatable bonds is 4. The van der Waals surface area contributed by atoms with Gasteiger partial charge in [0.2, 0.25) is 0 Å². The molecule has 0 amide bonds. The molecule has 0 saturated carbocycles. The molecule has 0 fully saturated rings. The highest BCUT2D eigenvalue weighted by Crippen LogP contribution is 2.28. The van der Waals surface area contributed by atoms with E-state index in [1.54, 1.807) is 23.5 Å². The summed E-state index contributed by atoms with van der Waals surface area (Å²) < 4.78 is 18.8. The number of thiazole rings is 1. The van der Waals surface area contributed by atoms with Gasteiger partial charge < -0.3 is 10.1 Å². The van der Waals surface area contributed by atoms with E-state index >= 15 is 0 Å². The molecule has 1 N–H and O–H groups in total. The molecule has 0 bridgehead atoms. The first kappa shape index (κ1) is 11.6. The van der Waals surface area contributed by atoms with Crippen LogP contribution in [0.4, 0.5) is 4.39 Å². The van der Waals surface area contributed by atoms with Gasteiger partial charge in [-0.1, -0.05) is 0 Å². The van der Waals surface area contributed by atoms with Crippen molar-refractivity contribution in [2.45, 2.75) is 19.1 Å². The lowest BCUT2D eigenvalue weighted by atomic mass is 10.1. The molecule has 2 aromatic rings. The Morgan fingerprint density at radius 1 is 1.50 bits per heavy atom. The highest BCUT2D eigenvalue weighted by atomic mass is 32.1. The average Bonchev–Trinajstić information content (AvgIpc) is 2.97. The predicted octanol–water partition coefficient (Wildman–Crippen LogP) is 2.38. The molecule has 5 heteroatoms. The largest absolute Gasteiger partial charge is 0.488 e. The van der Waals surface area contributed by atoms with E-state index in [1.165, 1.54) is 10.9 Å². The topological polar surface area (TPSA) is 34.2 Å². The molecule has 2 heterocycles. The summed E-state index contributed by atoms with van der Waals surface area (Å²) in [5.74, 6) is 0.608. The highest BCUT2D eigenvalue weighted by molar-refractivity contribution is 7.09. The number of hydrogen-bond donors (Lipinski definition) is 1. The number of nitrogens with zero attached hydrogens (tertiary/aromatic N) is 1. The maximum atomic E-state index is 13.1. The van der Waals surface area contributed by atoms with Crippen LogP contribution < -0.4 is 10.1 Å². The molecular formula is C13H13FN2OS. The first-order chi connectivity index (χ1) is 8.81. The Labute approximate surface area is 109 Å². The molecule has 0 radical (unpaired) electrons. The average molecular weight is 264 g/mol. The van der Waals surface area contributed by atoms with E-state index in [0.717, 1.165) is 30.8 Å². The van der Waals surface area contributed by atoms with E-state index in [-0.39, 0.29) is 11.9 Å². The molecular weight excluding hydrogens is 251 g/mol. The lowest BCUT2D eigenvalue weighted by Gasteiger charge is -2.10. The Balaban J connectivity index is 1.52. The normalized spacial score (nSPS) is 17.5. The fourth-order valence-corrected chi connectivity index (χ4v) is 2.65. The second-order valence-corrected chi connectivity index (χ2v) is 5.27. The molecule has 3 nitrogen and oxygen atoms in total. The van der Waals surface area contributed by atoms with Crippen LogP contribution in [0.3, 0.4) is 0 Å². The monoisotopic (exact) mass is 264 g/mol. The van der Waals surface area contributed by atoms with Gasteiger partial charge >= 0.3 is 0 Å². The van der Waals surface area contributed by atoms with Crippen molar-refractivity contribution in [3.8, 4) is 5.75 Å². The number of benzene rings is 1. The molecule has 0 saturated heterocycles. The molecule has 1 aromatic heterocycles. The molecule has 0 spiro atoms. The Morgan fingerprint density at radius 2 is 2.44 bits per heavy atom. The first-order valence-electron chi connectivity index (χ1n) is 5.84. The molecule has 18 heavy (non-hydrogen) atoms. The minimum atomic E-state index is -0.199. The molecule has 3 rings (SSSR count). The van der Waals surface area contributed by atoms with E-state index in [4.69, 9.17) is 4.74 Å². The Hall–Kier alpha value is -1.46. The van der Waals surface area contributed by atoms with Crippen molar-refractivity contribution in [2.75, 3.05) is 6.54 Å². The fraction of sp³-hybridized carbons (Fsp3) is 0.308. The van der Waals surface area contributed by atoms with Gasteiger partial charge in [0.25, 0.3) is 0 Å². The van der Waals surface area contributed by atoms with E-state index in [9.17, 15) is 4.39 Å². The third-order valence-corrected chi connectivity index (χ3v) is 3.70. The molecule has 1 aliphatic heterocycles. The van der Waals surface area contributed by atoms with Crippen LogP contribution in [0.15, 0.2) is 29.9 Å². The number of fused-ring (bicyclic) bond motifs is 1. The zero-order chi connectivity index (χ0) is 12.4. The van der Waals surface area contributed by atoms with Crippen molar-refractivity contribution < 1.29 is 9.13 Å². The number of halogens is 1. The zero-order valence-electron chi connectivity index (χ0n) is 9.73. The highest BCUT2D eigenvalue weighted by Gasteiger charge is 2.22. The van der Waals surface area contributed by atoms with Crippen LogP contribution in [0.1, 0.15) is 10.4 Å². The molecule has 94 valence electrons. The van der Waals surface area contributed by atoms with Crippen LogP contribution in [-0.2, 0) is 13.0 Å². The van der Waals surface area contributed by atoms with Gasteiger partial charge in [-0.05, 0) is 18.2 Å². The van der Waals surface area contributed by atoms with Gasteiger partial charge in [-0.25, -0.2) is 4.39 Å². The van der Waals surface area contributed by atoms with Crippen LogP contribution in [0.5, 0.6) is 5.75 Å². The van der Waals surface area contributed by atoms with E-state index in [1.807, 2.05) is 11.7 Å². The molecule has 0 aliphatic carbocycles. The van der Waals surface area contributed by atoms with Crippen molar-refractivity contribution in [2.24, 2.45) is 0 Å². The number of ether oxygens (including phenoxy) is 1. The summed E-state index contributed by atoms with van der Waals surface area (Å²) in [5.41, 5.74) is 2.78. The fourth-order valence-electron chi connectivity index (χ4n) is 2.09. The maximum Gasteiger partial charge on any atom is 0.123 e. The summed E-state index contributed by atoms with van der Waals surface area (Å²) in [6.07, 6.45) is 2.72. The summed E-state index contributed by atoms with van der Waals surface area (Å²) in [6, 6.07) is 4.69. The Bertz CT molecular complexity index is 530. The third kappa shape index (κ3) is 2.52. The summed E-state index contributed by atoms with van der Waals surface area (Å²) in [5, 5.41) is 3.33. The van der Waals surface area contributed by atoms with Crippen molar-refractivity contribution in [3.05, 3.63) is 46.2 Å². The molecule has 1 aromatic carbocycles. The summed E-state index contributed by atoms with van der Waals surface area (Å²) in [4.78, 5) is 5.23. The lowest BCUT2D eigenvalue weighted by Crippen LogP contribution is -2.29. The van der Waals surface area contributed by atoms with Gasteiger partial charge in [0.1, 0.15) is 17.7 Å². The molecule has 1 aliphatic rings. The number of aromatic nitrogens is 1. The van der Waals surface area contributed by atoms with Gasteiger partial charge in [-0.2, -0.15) is 0 Å². The minimum absolute atomic E-state index is 0.0923. The van der Waals surface area contributed by atoms with Gasteiger partial charge in [-0.15, -0.1) is 11.3 Å². The van der Waals surface area contributed by atoms with E-state index in [2.05, 4.69) is 10.3 Å². The first-order valence-corrected chi connectivity index (χ1v) is 6.72. The van der Waals surface area contributed by atoms with Gasteiger partial charge in [-0.3, -0.25) is 4.98 Å². The van der Waals surface area contributed by atoms with Gasteiger partial charge in [0, 0.05) is 36.1 Å².